The van der Waals surface area contributed by atoms with E-state index in [1.54, 1.807) is 0 Å². The number of fused-ring (bicyclic) bond motifs is 1. The van der Waals surface area contributed by atoms with Crippen molar-refractivity contribution < 1.29 is 10.2 Å². The number of rotatable bonds is 1. The lowest BCUT2D eigenvalue weighted by atomic mass is 9.95. The maximum atomic E-state index is 9.63. The van der Waals surface area contributed by atoms with Crippen molar-refractivity contribution in [3.8, 4) is 6.07 Å². The molecule has 0 amide bonds. The second-order valence-corrected chi connectivity index (χ2v) is 5.32. The van der Waals surface area contributed by atoms with Crippen molar-refractivity contribution in [2.75, 3.05) is 18.0 Å². The van der Waals surface area contributed by atoms with Gasteiger partial charge in [0.1, 0.15) is 11.9 Å². The molecule has 1 aliphatic carbocycles. The molecule has 0 saturated carbocycles. The molecular weight excluding hydrogens is 242 g/mol. The lowest BCUT2D eigenvalue weighted by molar-refractivity contribution is 0.0572. The van der Waals surface area contributed by atoms with Crippen LogP contribution in [0.1, 0.15) is 29.7 Å². The number of hydrogen-bond donors (Lipinski definition) is 2. The first kappa shape index (κ1) is 12.4. The van der Waals surface area contributed by atoms with Gasteiger partial charge in [-0.2, -0.15) is 5.26 Å². The normalized spacial score (nSPS) is 26.1. The van der Waals surface area contributed by atoms with E-state index in [1.807, 2.05) is 11.0 Å². The zero-order chi connectivity index (χ0) is 13.4. The molecule has 1 aliphatic heterocycles. The number of nitrogens with zero attached hydrogens (tertiary/aromatic N) is 3. The van der Waals surface area contributed by atoms with Gasteiger partial charge in [0.05, 0.1) is 17.8 Å². The maximum absolute atomic E-state index is 9.63. The first-order chi connectivity index (χ1) is 9.19. The van der Waals surface area contributed by atoms with E-state index in [0.717, 1.165) is 31.4 Å². The fourth-order valence-electron chi connectivity index (χ4n) is 2.89. The molecule has 0 bridgehead atoms. The van der Waals surface area contributed by atoms with Crippen molar-refractivity contribution in [3.63, 3.8) is 0 Å². The summed E-state index contributed by atoms with van der Waals surface area (Å²) >= 11 is 0. The van der Waals surface area contributed by atoms with Crippen LogP contribution >= 0.6 is 0 Å². The third-order valence-corrected chi connectivity index (χ3v) is 3.96. The zero-order valence-corrected chi connectivity index (χ0v) is 10.7. The number of nitriles is 1. The predicted octanol–water partition coefficient (Wildman–Crippen LogP) is 0.374. The highest BCUT2D eigenvalue weighted by Crippen LogP contribution is 2.28. The molecule has 2 atom stereocenters. The van der Waals surface area contributed by atoms with Gasteiger partial charge in [0.2, 0.25) is 0 Å². The van der Waals surface area contributed by atoms with Gasteiger partial charge >= 0.3 is 0 Å². The zero-order valence-electron chi connectivity index (χ0n) is 10.7. The second kappa shape index (κ2) is 4.80. The van der Waals surface area contributed by atoms with Gasteiger partial charge in [-0.25, -0.2) is 4.98 Å². The van der Waals surface area contributed by atoms with Crippen LogP contribution in [0.15, 0.2) is 6.07 Å². The van der Waals surface area contributed by atoms with E-state index in [2.05, 4.69) is 11.1 Å². The Kier molecular flexibility index (Phi) is 3.13. The van der Waals surface area contributed by atoms with Crippen LogP contribution in [0.25, 0.3) is 0 Å². The summed E-state index contributed by atoms with van der Waals surface area (Å²) in [6.45, 7) is 0.670. The maximum Gasteiger partial charge on any atom is 0.147 e. The van der Waals surface area contributed by atoms with Crippen LogP contribution in [0.4, 0.5) is 5.82 Å². The van der Waals surface area contributed by atoms with Gasteiger partial charge in [0, 0.05) is 18.8 Å². The minimum atomic E-state index is -0.760. The molecule has 2 heterocycles. The minimum absolute atomic E-state index is 0.335. The molecule has 0 radical (unpaired) electrons. The van der Waals surface area contributed by atoms with Gasteiger partial charge in [-0.15, -0.1) is 0 Å². The first-order valence-corrected chi connectivity index (χ1v) is 6.73. The van der Waals surface area contributed by atoms with Crippen molar-refractivity contribution in [1.82, 2.24) is 4.98 Å². The lowest BCUT2D eigenvalue weighted by Gasteiger charge is -2.22. The summed E-state index contributed by atoms with van der Waals surface area (Å²) < 4.78 is 0. The molecule has 1 aromatic rings. The van der Waals surface area contributed by atoms with Gasteiger partial charge in [0.15, 0.2) is 0 Å². The summed E-state index contributed by atoms with van der Waals surface area (Å²) in [5.41, 5.74) is 2.78. The first-order valence-electron chi connectivity index (χ1n) is 6.73. The molecule has 0 spiro atoms. The molecule has 1 fully saturated rings. The lowest BCUT2D eigenvalue weighted by Crippen LogP contribution is -2.24. The van der Waals surface area contributed by atoms with Crippen LogP contribution in [-0.2, 0) is 12.8 Å². The van der Waals surface area contributed by atoms with E-state index in [0.29, 0.717) is 24.5 Å². The highest BCUT2D eigenvalue weighted by atomic mass is 16.3. The monoisotopic (exact) mass is 259 g/mol. The quantitative estimate of drug-likeness (QED) is 0.762. The Morgan fingerprint density at radius 3 is 2.58 bits per heavy atom. The van der Waals surface area contributed by atoms with Gasteiger partial charge < -0.3 is 15.1 Å². The van der Waals surface area contributed by atoms with Gasteiger partial charge in [-0.05, 0) is 37.3 Å². The standard InChI is InChI=1S/C14H17N3O2/c15-6-10-5-9-3-1-2-4-11(9)16-14(10)17-7-12(18)13(19)8-17/h5,12-13,18-19H,1-4,7-8H2. The van der Waals surface area contributed by atoms with Crippen LogP contribution in [0.5, 0.6) is 0 Å². The number of aliphatic hydroxyl groups excluding tert-OH is 2. The van der Waals surface area contributed by atoms with E-state index in [-0.39, 0.29) is 0 Å². The molecule has 5 heteroatoms. The van der Waals surface area contributed by atoms with E-state index in [9.17, 15) is 15.5 Å². The Bertz CT molecular complexity index is 528. The number of aryl methyl sites for hydroxylation is 2. The van der Waals surface area contributed by atoms with Crippen molar-refractivity contribution in [2.24, 2.45) is 0 Å². The van der Waals surface area contributed by atoms with E-state index < -0.39 is 12.2 Å². The molecule has 5 nitrogen and oxygen atoms in total. The molecule has 0 aromatic carbocycles. The predicted molar refractivity (Wildman–Crippen MR) is 69.8 cm³/mol. The van der Waals surface area contributed by atoms with Gasteiger partial charge in [0.25, 0.3) is 0 Å². The average molecular weight is 259 g/mol. The Morgan fingerprint density at radius 1 is 1.21 bits per heavy atom. The Hall–Kier alpha value is -1.64. The van der Waals surface area contributed by atoms with Crippen molar-refractivity contribution in [2.45, 2.75) is 37.9 Å². The average Bonchev–Trinajstić information content (AvgIpc) is 2.77. The summed E-state index contributed by atoms with van der Waals surface area (Å²) in [7, 11) is 0. The van der Waals surface area contributed by atoms with Crippen LogP contribution < -0.4 is 4.90 Å². The molecule has 3 rings (SSSR count). The molecule has 100 valence electrons. The molecule has 19 heavy (non-hydrogen) atoms. The molecular formula is C14H17N3O2. The summed E-state index contributed by atoms with van der Waals surface area (Å²) in [5.74, 6) is 0.610. The number of β-amino-alcohol motifs (C(OH)–C–C–N with tert-alkyl or cyclic N) is 2. The van der Waals surface area contributed by atoms with Crippen molar-refractivity contribution in [1.29, 1.82) is 5.26 Å². The van der Waals surface area contributed by atoms with Crippen molar-refractivity contribution in [3.05, 3.63) is 22.9 Å². The summed E-state index contributed by atoms with van der Waals surface area (Å²) in [5, 5.41) is 28.5. The number of aliphatic hydroxyl groups is 2. The third-order valence-electron chi connectivity index (χ3n) is 3.96. The highest BCUT2D eigenvalue weighted by Gasteiger charge is 2.32. The molecule has 1 saturated heterocycles. The van der Waals surface area contributed by atoms with Gasteiger partial charge in [-0.3, -0.25) is 0 Å². The van der Waals surface area contributed by atoms with Gasteiger partial charge in [-0.1, -0.05) is 0 Å². The Labute approximate surface area is 112 Å². The topological polar surface area (TPSA) is 80.4 Å². The van der Waals surface area contributed by atoms with E-state index >= 15 is 0 Å². The summed E-state index contributed by atoms with van der Waals surface area (Å²) in [6, 6.07) is 4.11. The number of aromatic nitrogens is 1. The highest BCUT2D eigenvalue weighted by molar-refractivity contribution is 5.57. The molecule has 2 N–H and O–H groups in total. The van der Waals surface area contributed by atoms with E-state index in [1.165, 1.54) is 5.56 Å². The number of pyridine rings is 1. The number of hydrogen-bond acceptors (Lipinski definition) is 5. The van der Waals surface area contributed by atoms with Crippen LogP contribution in [-0.4, -0.2) is 40.5 Å². The fourth-order valence-corrected chi connectivity index (χ4v) is 2.89. The third kappa shape index (κ3) is 2.18. The molecule has 1 aromatic heterocycles. The van der Waals surface area contributed by atoms with Crippen LogP contribution in [0.2, 0.25) is 0 Å². The summed E-state index contributed by atoms with van der Waals surface area (Å²) in [4.78, 5) is 6.42. The molecule has 2 aliphatic rings. The molecule has 2 unspecified atom stereocenters. The Morgan fingerprint density at radius 2 is 1.89 bits per heavy atom. The smallest absolute Gasteiger partial charge is 0.147 e. The summed E-state index contributed by atoms with van der Waals surface area (Å²) in [6.07, 6.45) is 2.71. The second-order valence-electron chi connectivity index (χ2n) is 5.32. The van der Waals surface area contributed by atoms with Crippen molar-refractivity contribution >= 4 is 5.82 Å². The Balaban J connectivity index is 1.99. The SMILES string of the molecule is N#Cc1cc2c(nc1N1CC(O)C(O)C1)CCCC2. The largest absolute Gasteiger partial charge is 0.389 e. The van der Waals surface area contributed by atoms with E-state index in [4.69, 9.17) is 0 Å². The van der Waals surface area contributed by atoms with Crippen LogP contribution in [0.3, 0.4) is 0 Å². The number of anilines is 1. The fraction of sp³-hybridized carbons (Fsp3) is 0.571. The minimum Gasteiger partial charge on any atom is -0.389 e. The van der Waals surface area contributed by atoms with Crippen LogP contribution in [0, 0.1) is 11.3 Å².